The number of urea groups is 1. The van der Waals surface area contributed by atoms with Crippen LogP contribution in [0.25, 0.3) is 0 Å². The van der Waals surface area contributed by atoms with E-state index in [9.17, 15) is 18.3 Å². The van der Waals surface area contributed by atoms with Gasteiger partial charge in [0.05, 0.1) is 17.6 Å². The predicted octanol–water partition coefficient (Wildman–Crippen LogP) is 0.0238. The molecule has 0 aromatic carbocycles. The maximum atomic E-state index is 11.7. The summed E-state index contributed by atoms with van der Waals surface area (Å²) in [5.41, 5.74) is 0. The molecule has 2 amide bonds. The molecule has 0 bridgehead atoms. The molecular weight excluding hydrogens is 268 g/mol. The molecule has 1 heterocycles. The number of amides is 2. The highest BCUT2D eigenvalue weighted by molar-refractivity contribution is 7.91. The molecule has 0 aromatic rings. The summed E-state index contributed by atoms with van der Waals surface area (Å²) in [5.74, 6) is 0.466. The quantitative estimate of drug-likeness (QED) is 0.683. The lowest BCUT2D eigenvalue weighted by molar-refractivity contribution is 0.117. The fourth-order valence-corrected chi connectivity index (χ4v) is 4.59. The van der Waals surface area contributed by atoms with Crippen LogP contribution >= 0.6 is 0 Å². The van der Waals surface area contributed by atoms with E-state index in [0.29, 0.717) is 13.0 Å². The van der Waals surface area contributed by atoms with E-state index in [2.05, 4.69) is 10.6 Å². The van der Waals surface area contributed by atoms with Gasteiger partial charge < -0.3 is 15.7 Å². The first-order valence-electron chi connectivity index (χ1n) is 6.87. The van der Waals surface area contributed by atoms with Gasteiger partial charge in [-0.15, -0.1) is 0 Å². The van der Waals surface area contributed by atoms with E-state index in [1.54, 1.807) is 0 Å². The zero-order valence-corrected chi connectivity index (χ0v) is 11.8. The maximum absolute atomic E-state index is 11.7. The number of nitrogens with one attached hydrogen (secondary N) is 2. The average Bonchev–Trinajstić information content (AvgIpc) is 2.69. The van der Waals surface area contributed by atoms with Gasteiger partial charge in [0.15, 0.2) is 9.84 Å². The summed E-state index contributed by atoms with van der Waals surface area (Å²) in [7, 11) is -2.88. The van der Waals surface area contributed by atoms with Crippen LogP contribution in [0.1, 0.15) is 32.1 Å². The summed E-state index contributed by atoms with van der Waals surface area (Å²) in [6, 6.07) is -0.110. The van der Waals surface area contributed by atoms with Gasteiger partial charge in [0.1, 0.15) is 0 Å². The zero-order chi connectivity index (χ0) is 13.9. The van der Waals surface area contributed by atoms with E-state index >= 15 is 0 Å². The van der Waals surface area contributed by atoms with E-state index in [1.165, 1.54) is 0 Å². The molecule has 7 heteroatoms. The Morgan fingerprint density at radius 1 is 1.16 bits per heavy atom. The largest absolute Gasteiger partial charge is 0.393 e. The van der Waals surface area contributed by atoms with E-state index in [0.717, 1.165) is 25.7 Å². The molecule has 0 aromatic heterocycles. The van der Waals surface area contributed by atoms with Crippen molar-refractivity contribution in [2.24, 2.45) is 5.92 Å². The summed E-state index contributed by atoms with van der Waals surface area (Å²) < 4.78 is 22.6. The molecular formula is C12H22N2O4S. The highest BCUT2D eigenvalue weighted by Gasteiger charge is 2.28. The van der Waals surface area contributed by atoms with Crippen molar-refractivity contribution in [3.05, 3.63) is 0 Å². The molecule has 2 aliphatic rings. The molecule has 2 fully saturated rings. The Hall–Kier alpha value is -0.820. The maximum Gasteiger partial charge on any atom is 0.315 e. The summed E-state index contributed by atoms with van der Waals surface area (Å²) in [4.78, 5) is 11.7. The van der Waals surface area contributed by atoms with Gasteiger partial charge in [0.25, 0.3) is 0 Å². The fraction of sp³-hybridized carbons (Fsp3) is 0.917. The van der Waals surface area contributed by atoms with Gasteiger partial charge in [-0.05, 0) is 38.0 Å². The fourth-order valence-electron chi connectivity index (χ4n) is 2.73. The van der Waals surface area contributed by atoms with Crippen LogP contribution in [0.4, 0.5) is 4.79 Å². The third kappa shape index (κ3) is 4.65. The molecule has 1 saturated carbocycles. The molecule has 1 saturated heterocycles. The number of aliphatic hydroxyl groups excluding tert-OH is 1. The van der Waals surface area contributed by atoms with Crippen molar-refractivity contribution in [2.45, 2.75) is 44.2 Å². The van der Waals surface area contributed by atoms with Gasteiger partial charge in [0.2, 0.25) is 0 Å². The second kappa shape index (κ2) is 6.09. The summed E-state index contributed by atoms with van der Waals surface area (Å²) >= 11 is 0. The molecule has 1 aliphatic carbocycles. The first-order valence-corrected chi connectivity index (χ1v) is 8.69. The molecule has 6 nitrogen and oxygen atoms in total. The minimum atomic E-state index is -2.88. The lowest BCUT2D eigenvalue weighted by Gasteiger charge is -2.26. The van der Waals surface area contributed by atoms with Gasteiger partial charge in [-0.2, -0.15) is 0 Å². The van der Waals surface area contributed by atoms with Crippen LogP contribution < -0.4 is 10.6 Å². The second-order valence-electron chi connectivity index (χ2n) is 5.63. The van der Waals surface area contributed by atoms with Crippen LogP contribution in [-0.2, 0) is 9.84 Å². The van der Waals surface area contributed by atoms with Crippen LogP contribution in [0.15, 0.2) is 0 Å². The molecule has 1 aliphatic heterocycles. The number of rotatable bonds is 3. The third-order valence-corrected chi connectivity index (χ3v) is 5.75. The lowest BCUT2D eigenvalue weighted by atomic mass is 9.93. The van der Waals surface area contributed by atoms with E-state index in [1.807, 2.05) is 0 Å². The topological polar surface area (TPSA) is 95.5 Å². The van der Waals surface area contributed by atoms with Crippen LogP contribution in [-0.4, -0.2) is 49.8 Å². The molecule has 0 unspecified atom stereocenters. The van der Waals surface area contributed by atoms with Gasteiger partial charge in [-0.25, -0.2) is 13.2 Å². The van der Waals surface area contributed by atoms with Crippen LogP contribution in [0.5, 0.6) is 0 Å². The Morgan fingerprint density at radius 3 is 2.42 bits per heavy atom. The van der Waals surface area contributed by atoms with Crippen molar-refractivity contribution >= 4 is 15.9 Å². The minimum Gasteiger partial charge on any atom is -0.393 e. The average molecular weight is 290 g/mol. The Balaban J connectivity index is 1.65. The Bertz CT molecular complexity index is 415. The molecule has 0 spiro atoms. The number of aliphatic hydroxyl groups is 1. The molecule has 0 radical (unpaired) electrons. The van der Waals surface area contributed by atoms with Gasteiger partial charge in [0, 0.05) is 12.6 Å². The van der Waals surface area contributed by atoms with Crippen LogP contribution in [0.2, 0.25) is 0 Å². The van der Waals surface area contributed by atoms with Crippen molar-refractivity contribution in [3.8, 4) is 0 Å². The summed E-state index contributed by atoms with van der Waals surface area (Å²) in [6.07, 6.45) is 3.46. The van der Waals surface area contributed by atoms with Crippen LogP contribution in [0.3, 0.4) is 0 Å². The smallest absolute Gasteiger partial charge is 0.315 e. The Labute approximate surface area is 113 Å². The van der Waals surface area contributed by atoms with Gasteiger partial charge >= 0.3 is 6.03 Å². The normalized spacial score (nSPS) is 33.8. The number of hydrogen-bond acceptors (Lipinski definition) is 4. The molecule has 1 atom stereocenters. The first kappa shape index (κ1) is 14.6. The number of sulfone groups is 1. The highest BCUT2D eigenvalue weighted by atomic mass is 32.2. The van der Waals surface area contributed by atoms with Gasteiger partial charge in [-0.3, -0.25) is 0 Å². The standard InChI is InChI=1S/C12H22N2O4S/c15-11-3-1-10(2-4-11)14-12(16)13-7-9-5-6-19(17,18)8-9/h9-11,15H,1-8H2,(H2,13,14,16)/t9-,10?,11?/m0/s1. The number of carbonyl (C=O) groups is 1. The molecule has 2 rings (SSSR count). The highest BCUT2D eigenvalue weighted by Crippen LogP contribution is 2.19. The number of hydrogen-bond donors (Lipinski definition) is 3. The van der Waals surface area contributed by atoms with Crippen molar-refractivity contribution in [1.29, 1.82) is 0 Å². The lowest BCUT2D eigenvalue weighted by Crippen LogP contribution is -2.45. The predicted molar refractivity (Wildman–Crippen MR) is 71.6 cm³/mol. The Morgan fingerprint density at radius 2 is 1.84 bits per heavy atom. The zero-order valence-electron chi connectivity index (χ0n) is 11.0. The van der Waals surface area contributed by atoms with Crippen molar-refractivity contribution in [3.63, 3.8) is 0 Å². The van der Waals surface area contributed by atoms with E-state index < -0.39 is 9.84 Å². The SMILES string of the molecule is O=C(NC[C@@H]1CCS(=O)(=O)C1)NC1CCC(O)CC1. The van der Waals surface area contributed by atoms with Crippen LogP contribution in [0, 0.1) is 5.92 Å². The molecule has 19 heavy (non-hydrogen) atoms. The van der Waals surface area contributed by atoms with E-state index in [-0.39, 0.29) is 35.6 Å². The second-order valence-corrected chi connectivity index (χ2v) is 7.86. The van der Waals surface area contributed by atoms with Gasteiger partial charge in [-0.1, -0.05) is 0 Å². The minimum absolute atomic E-state index is 0.0453. The van der Waals surface area contributed by atoms with Crippen molar-refractivity contribution < 1.29 is 18.3 Å². The molecule has 110 valence electrons. The first-order chi connectivity index (χ1) is 8.94. The Kier molecular flexibility index (Phi) is 4.67. The third-order valence-electron chi connectivity index (χ3n) is 3.91. The van der Waals surface area contributed by atoms with Crippen molar-refractivity contribution in [1.82, 2.24) is 10.6 Å². The summed E-state index contributed by atoms with van der Waals surface area (Å²) in [5, 5.41) is 15.0. The summed E-state index contributed by atoms with van der Waals surface area (Å²) in [6.45, 7) is 0.417. The van der Waals surface area contributed by atoms with E-state index in [4.69, 9.17) is 0 Å². The monoisotopic (exact) mass is 290 g/mol. The number of carbonyl (C=O) groups excluding carboxylic acids is 1. The molecule has 3 N–H and O–H groups in total. The van der Waals surface area contributed by atoms with Crippen molar-refractivity contribution in [2.75, 3.05) is 18.1 Å².